The molecule has 1 aromatic heterocycles. The Labute approximate surface area is 234 Å². The van der Waals surface area contributed by atoms with Crippen molar-refractivity contribution in [1.82, 2.24) is 20.0 Å². The van der Waals surface area contributed by atoms with Gasteiger partial charge in [0.2, 0.25) is 15.9 Å². The standard InChI is InChI=1S/C21H16F6N4O4S.C2HF3O2/c22-20(23,24)12-5-6-13-14(8-12)29-18(28-13)15(30-19(33)21(25,26)27)7-10-1-3-11(4-2-10)16-9-17(32)31-36(16,34)35;3-2(4,5)1(6)7/h1-6,8,15-16H,7,9H2,(H,28,29)(H,30,33)(H,31,32);(H,6,7)/t15-,16?;/m0./s1. The lowest BCUT2D eigenvalue weighted by Crippen LogP contribution is -2.40. The molecule has 0 spiro atoms. The van der Waals surface area contributed by atoms with Gasteiger partial charge in [0.25, 0.3) is 0 Å². The number of sulfonamides is 1. The van der Waals surface area contributed by atoms with E-state index < -0.39 is 63.2 Å². The Morgan fingerprint density at radius 3 is 2.02 bits per heavy atom. The Balaban J connectivity index is 0.000000646. The topological polar surface area (TPSA) is 158 Å². The Morgan fingerprint density at radius 1 is 0.977 bits per heavy atom. The van der Waals surface area contributed by atoms with Crippen LogP contribution in [0.5, 0.6) is 0 Å². The molecule has 1 fully saturated rings. The van der Waals surface area contributed by atoms with Crippen LogP contribution in [-0.4, -0.2) is 53.6 Å². The van der Waals surface area contributed by atoms with Crippen LogP contribution in [0.25, 0.3) is 11.0 Å². The minimum atomic E-state index is -5.23. The predicted molar refractivity (Wildman–Crippen MR) is 126 cm³/mol. The van der Waals surface area contributed by atoms with E-state index in [-0.39, 0.29) is 35.3 Å². The number of rotatable bonds is 5. The van der Waals surface area contributed by atoms with Crippen LogP contribution < -0.4 is 10.0 Å². The van der Waals surface area contributed by atoms with Gasteiger partial charge in [0.1, 0.15) is 11.1 Å². The largest absolute Gasteiger partial charge is 0.490 e. The Morgan fingerprint density at radius 2 is 1.56 bits per heavy atom. The number of imidazole rings is 1. The second-order valence-corrected chi connectivity index (χ2v) is 10.8. The van der Waals surface area contributed by atoms with E-state index in [0.29, 0.717) is 5.56 Å². The second kappa shape index (κ2) is 11.7. The molecule has 2 aromatic carbocycles. The maximum atomic E-state index is 13.0. The molecule has 1 saturated heterocycles. The highest BCUT2D eigenvalue weighted by molar-refractivity contribution is 7.90. The number of hydrogen-bond acceptors (Lipinski definition) is 6. The molecule has 10 nitrogen and oxygen atoms in total. The highest BCUT2D eigenvalue weighted by atomic mass is 32.2. The number of hydrogen-bond donors (Lipinski definition) is 4. The zero-order chi connectivity index (χ0) is 32.5. The van der Waals surface area contributed by atoms with Gasteiger partial charge in [-0.1, -0.05) is 24.3 Å². The number of H-pyrrole nitrogens is 1. The van der Waals surface area contributed by atoms with Crippen LogP contribution in [0.15, 0.2) is 42.5 Å². The van der Waals surface area contributed by atoms with Crippen LogP contribution in [-0.2, 0) is 37.0 Å². The average Bonchev–Trinajstić information content (AvgIpc) is 3.41. The first-order valence-corrected chi connectivity index (χ1v) is 13.0. The normalized spacial score (nSPS) is 17.5. The lowest BCUT2D eigenvalue weighted by Gasteiger charge is -2.18. The first-order chi connectivity index (χ1) is 19.6. The molecule has 4 rings (SSSR count). The number of fused-ring (bicyclic) bond motifs is 1. The molecule has 0 saturated carbocycles. The van der Waals surface area contributed by atoms with Gasteiger partial charge in [0.05, 0.1) is 29.1 Å². The van der Waals surface area contributed by atoms with E-state index in [1.165, 1.54) is 24.3 Å². The SMILES string of the molecule is O=C(O)C(F)(F)F.O=C1CC(c2ccc(C[C@H](NC(=O)C(F)(F)F)c3nc4ccc(C(F)(F)F)cc4[nH]3)cc2)S(=O)(=O)N1. The Hall–Kier alpha value is -4.36. The van der Waals surface area contributed by atoms with E-state index in [9.17, 15) is 57.5 Å². The first kappa shape index (κ1) is 33.1. The monoisotopic (exact) mass is 648 g/mol. The van der Waals surface area contributed by atoms with E-state index in [4.69, 9.17) is 9.90 Å². The van der Waals surface area contributed by atoms with Crippen LogP contribution in [0.2, 0.25) is 0 Å². The summed E-state index contributed by atoms with van der Waals surface area (Å²) in [5.74, 6) is -5.91. The molecule has 0 aliphatic carbocycles. The van der Waals surface area contributed by atoms with Gasteiger partial charge < -0.3 is 15.4 Å². The number of halogens is 9. The van der Waals surface area contributed by atoms with Gasteiger partial charge in [-0.2, -0.15) is 39.5 Å². The van der Waals surface area contributed by atoms with Gasteiger partial charge in [-0.25, -0.2) is 18.2 Å². The van der Waals surface area contributed by atoms with Gasteiger partial charge in [-0.15, -0.1) is 0 Å². The molecule has 0 radical (unpaired) electrons. The van der Waals surface area contributed by atoms with Crippen molar-refractivity contribution in [2.24, 2.45) is 0 Å². The third-order valence-electron chi connectivity index (χ3n) is 5.76. The fourth-order valence-corrected chi connectivity index (χ4v) is 5.21. The molecule has 4 N–H and O–H groups in total. The molecule has 1 unspecified atom stereocenters. The van der Waals surface area contributed by atoms with Crippen molar-refractivity contribution in [3.05, 3.63) is 65.0 Å². The summed E-state index contributed by atoms with van der Waals surface area (Å²) >= 11 is 0. The zero-order valence-corrected chi connectivity index (χ0v) is 21.7. The minimum Gasteiger partial charge on any atom is -0.475 e. The maximum absolute atomic E-state index is 13.0. The van der Waals surface area contributed by atoms with E-state index in [1.807, 2.05) is 4.72 Å². The molecule has 1 aliphatic heterocycles. The lowest BCUT2D eigenvalue weighted by molar-refractivity contribution is -0.192. The van der Waals surface area contributed by atoms with E-state index in [2.05, 4.69) is 9.97 Å². The van der Waals surface area contributed by atoms with Gasteiger partial charge in [-0.05, 0) is 35.7 Å². The van der Waals surface area contributed by atoms with Gasteiger partial charge in [0, 0.05) is 0 Å². The number of benzene rings is 2. The summed E-state index contributed by atoms with van der Waals surface area (Å²) in [7, 11) is -3.91. The molecule has 2 heterocycles. The Bertz CT molecular complexity index is 1630. The van der Waals surface area contributed by atoms with Crippen LogP contribution in [0.3, 0.4) is 0 Å². The molecule has 43 heavy (non-hydrogen) atoms. The third kappa shape index (κ3) is 8.36. The molecule has 1 aliphatic rings. The highest BCUT2D eigenvalue weighted by Gasteiger charge is 2.41. The highest BCUT2D eigenvalue weighted by Crippen LogP contribution is 2.33. The fourth-order valence-electron chi connectivity index (χ4n) is 3.78. The number of carboxylic acid groups (broad SMARTS) is 1. The number of aliphatic carboxylic acids is 1. The quantitative estimate of drug-likeness (QED) is 0.304. The summed E-state index contributed by atoms with van der Waals surface area (Å²) < 4.78 is 135. The number of carbonyl (C=O) groups excluding carboxylic acids is 2. The molecule has 2 amide bonds. The molecular formula is C23H17F9N4O6S. The van der Waals surface area contributed by atoms with Gasteiger partial charge in [-0.3, -0.25) is 14.3 Å². The van der Waals surface area contributed by atoms with Crippen molar-refractivity contribution in [2.75, 3.05) is 0 Å². The summed E-state index contributed by atoms with van der Waals surface area (Å²) in [6.07, 6.45) is -15.5. The first-order valence-electron chi connectivity index (χ1n) is 11.5. The predicted octanol–water partition coefficient (Wildman–Crippen LogP) is 4.07. The molecule has 20 heteroatoms. The summed E-state index contributed by atoms with van der Waals surface area (Å²) in [6, 6.07) is 6.74. The van der Waals surface area contributed by atoms with Crippen molar-refractivity contribution >= 4 is 38.8 Å². The molecule has 0 bridgehead atoms. The number of alkyl halides is 9. The molecule has 2 atom stereocenters. The van der Waals surface area contributed by atoms with Crippen LogP contribution in [0.1, 0.15) is 40.2 Å². The molecular weight excluding hydrogens is 631 g/mol. The smallest absolute Gasteiger partial charge is 0.475 e. The maximum Gasteiger partial charge on any atom is 0.490 e. The molecule has 234 valence electrons. The van der Waals surface area contributed by atoms with E-state index in [1.54, 1.807) is 5.32 Å². The fraction of sp³-hybridized carbons (Fsp3) is 0.304. The van der Waals surface area contributed by atoms with Crippen molar-refractivity contribution in [1.29, 1.82) is 0 Å². The summed E-state index contributed by atoms with van der Waals surface area (Å²) in [6.45, 7) is 0. The number of nitrogens with one attached hydrogen (secondary N) is 3. The van der Waals surface area contributed by atoms with Crippen LogP contribution in [0.4, 0.5) is 39.5 Å². The van der Waals surface area contributed by atoms with Crippen LogP contribution >= 0.6 is 0 Å². The zero-order valence-electron chi connectivity index (χ0n) is 20.9. The number of carboxylic acids is 1. The van der Waals surface area contributed by atoms with Gasteiger partial charge in [0.15, 0.2) is 0 Å². The number of nitrogens with zero attached hydrogens (tertiary/aromatic N) is 1. The average molecular weight is 648 g/mol. The van der Waals surface area contributed by atoms with E-state index in [0.717, 1.165) is 18.2 Å². The van der Waals surface area contributed by atoms with Gasteiger partial charge >= 0.3 is 30.4 Å². The van der Waals surface area contributed by atoms with Crippen LogP contribution in [0, 0.1) is 0 Å². The second-order valence-electron chi connectivity index (χ2n) is 8.89. The number of amides is 2. The Kier molecular flexibility index (Phi) is 9.04. The van der Waals surface area contributed by atoms with Crippen molar-refractivity contribution in [3.63, 3.8) is 0 Å². The van der Waals surface area contributed by atoms with E-state index >= 15 is 0 Å². The lowest BCUT2D eigenvalue weighted by atomic mass is 10.0. The number of aromatic nitrogens is 2. The van der Waals surface area contributed by atoms with Crippen molar-refractivity contribution in [2.45, 2.75) is 42.7 Å². The molecule has 3 aromatic rings. The summed E-state index contributed by atoms with van der Waals surface area (Å²) in [4.78, 5) is 38.6. The summed E-state index contributed by atoms with van der Waals surface area (Å²) in [5.41, 5.74) is -0.409. The number of carbonyl (C=O) groups is 3. The van der Waals surface area contributed by atoms with Crippen molar-refractivity contribution < 1.29 is 67.4 Å². The minimum absolute atomic E-state index is 0.0446. The number of aromatic amines is 1. The third-order valence-corrected chi connectivity index (χ3v) is 7.46. The van der Waals surface area contributed by atoms with Crippen molar-refractivity contribution in [3.8, 4) is 0 Å². The summed E-state index contributed by atoms with van der Waals surface area (Å²) in [5, 5.41) is 7.78.